The van der Waals surface area contributed by atoms with E-state index in [0.29, 0.717) is 13.2 Å². The zero-order valence-electron chi connectivity index (χ0n) is 7.88. The Kier molecular flexibility index (Phi) is 3.50. The number of methoxy groups -OCH3 is 1. The van der Waals surface area contributed by atoms with Crippen molar-refractivity contribution in [1.29, 1.82) is 0 Å². The lowest BCUT2D eigenvalue weighted by molar-refractivity contribution is -0.101. The molecule has 2 atom stereocenters. The van der Waals surface area contributed by atoms with Crippen LogP contribution in [-0.4, -0.2) is 37.6 Å². The van der Waals surface area contributed by atoms with Gasteiger partial charge in [0.25, 0.3) is 0 Å². The Morgan fingerprint density at radius 1 is 1.67 bits per heavy atom. The zero-order chi connectivity index (χ0) is 9.03. The third kappa shape index (κ3) is 2.44. The first kappa shape index (κ1) is 9.96. The largest absolute Gasteiger partial charge is 0.387 e. The molecule has 0 aromatic heterocycles. The normalized spacial score (nSPS) is 29.8. The van der Waals surface area contributed by atoms with Gasteiger partial charge < -0.3 is 14.6 Å². The van der Waals surface area contributed by atoms with Crippen LogP contribution in [0.5, 0.6) is 0 Å². The van der Waals surface area contributed by atoms with E-state index in [0.717, 1.165) is 19.4 Å². The molecule has 1 aliphatic heterocycles. The minimum absolute atomic E-state index is 0.228. The second kappa shape index (κ2) is 4.21. The Bertz CT molecular complexity index is 128. The van der Waals surface area contributed by atoms with Crippen LogP contribution in [0.3, 0.4) is 0 Å². The summed E-state index contributed by atoms with van der Waals surface area (Å²) in [5.41, 5.74) is -0.727. The van der Waals surface area contributed by atoms with E-state index in [1.165, 1.54) is 0 Å². The van der Waals surface area contributed by atoms with Gasteiger partial charge in [-0.15, -0.1) is 0 Å². The molecule has 0 spiro atoms. The van der Waals surface area contributed by atoms with Crippen molar-refractivity contribution in [2.75, 3.05) is 26.9 Å². The maximum atomic E-state index is 9.93. The van der Waals surface area contributed by atoms with Crippen molar-refractivity contribution in [1.82, 2.24) is 0 Å². The van der Waals surface area contributed by atoms with Crippen molar-refractivity contribution in [2.45, 2.75) is 25.4 Å². The quantitative estimate of drug-likeness (QED) is 0.688. The Hall–Kier alpha value is -0.120. The van der Waals surface area contributed by atoms with Crippen molar-refractivity contribution in [2.24, 2.45) is 5.92 Å². The van der Waals surface area contributed by atoms with Crippen LogP contribution >= 0.6 is 0 Å². The molecule has 1 rings (SSSR count). The monoisotopic (exact) mass is 174 g/mol. The van der Waals surface area contributed by atoms with Gasteiger partial charge in [0.1, 0.15) is 0 Å². The van der Waals surface area contributed by atoms with Crippen LogP contribution in [0.2, 0.25) is 0 Å². The minimum atomic E-state index is -0.727. The first-order chi connectivity index (χ1) is 5.67. The van der Waals surface area contributed by atoms with Crippen molar-refractivity contribution < 1.29 is 14.6 Å². The van der Waals surface area contributed by atoms with E-state index in [4.69, 9.17) is 9.47 Å². The summed E-state index contributed by atoms with van der Waals surface area (Å²) in [6.45, 7) is 3.70. The minimum Gasteiger partial charge on any atom is -0.387 e. The van der Waals surface area contributed by atoms with Crippen LogP contribution in [0, 0.1) is 5.92 Å². The standard InChI is InChI=1S/C9H18O3/c1-9(10,7-11-2)8-4-3-5-12-6-8/h8,10H,3-7H2,1-2H3. The molecule has 0 bridgehead atoms. The van der Waals surface area contributed by atoms with Crippen LogP contribution in [0.25, 0.3) is 0 Å². The van der Waals surface area contributed by atoms with E-state index in [2.05, 4.69) is 0 Å². The fourth-order valence-corrected chi connectivity index (χ4v) is 1.64. The predicted molar refractivity (Wildman–Crippen MR) is 46.0 cm³/mol. The van der Waals surface area contributed by atoms with Gasteiger partial charge in [0.15, 0.2) is 0 Å². The summed E-state index contributed by atoms with van der Waals surface area (Å²) >= 11 is 0. The topological polar surface area (TPSA) is 38.7 Å². The van der Waals surface area contributed by atoms with E-state index in [-0.39, 0.29) is 5.92 Å². The maximum absolute atomic E-state index is 9.93. The van der Waals surface area contributed by atoms with E-state index < -0.39 is 5.60 Å². The summed E-state index contributed by atoms with van der Waals surface area (Å²) in [6, 6.07) is 0. The van der Waals surface area contributed by atoms with Crippen LogP contribution < -0.4 is 0 Å². The molecular formula is C9H18O3. The molecule has 0 aliphatic carbocycles. The average molecular weight is 174 g/mol. The fraction of sp³-hybridized carbons (Fsp3) is 1.00. The van der Waals surface area contributed by atoms with Crippen molar-refractivity contribution >= 4 is 0 Å². The molecule has 1 heterocycles. The van der Waals surface area contributed by atoms with Crippen molar-refractivity contribution in [3.05, 3.63) is 0 Å². The molecule has 3 nitrogen and oxygen atoms in total. The predicted octanol–water partition coefficient (Wildman–Crippen LogP) is 0.810. The van der Waals surface area contributed by atoms with Gasteiger partial charge in [-0.25, -0.2) is 0 Å². The summed E-state index contributed by atoms with van der Waals surface area (Å²) in [5.74, 6) is 0.228. The van der Waals surface area contributed by atoms with Crippen LogP contribution in [0.1, 0.15) is 19.8 Å². The van der Waals surface area contributed by atoms with Crippen molar-refractivity contribution in [3.63, 3.8) is 0 Å². The molecule has 0 aromatic carbocycles. The second-order valence-electron chi connectivity index (χ2n) is 3.70. The van der Waals surface area contributed by atoms with Gasteiger partial charge in [-0.1, -0.05) is 0 Å². The molecule has 0 radical (unpaired) electrons. The highest BCUT2D eigenvalue weighted by molar-refractivity contribution is 4.83. The third-order valence-corrected chi connectivity index (χ3v) is 2.48. The molecule has 2 unspecified atom stereocenters. The molecule has 1 N–H and O–H groups in total. The summed E-state index contributed by atoms with van der Waals surface area (Å²) in [4.78, 5) is 0. The van der Waals surface area contributed by atoms with E-state index in [9.17, 15) is 5.11 Å². The highest BCUT2D eigenvalue weighted by Gasteiger charge is 2.33. The maximum Gasteiger partial charge on any atom is 0.0901 e. The summed E-state index contributed by atoms with van der Waals surface area (Å²) < 4.78 is 10.3. The van der Waals surface area contributed by atoms with Crippen LogP contribution in [0.15, 0.2) is 0 Å². The first-order valence-corrected chi connectivity index (χ1v) is 4.46. The number of rotatable bonds is 3. The van der Waals surface area contributed by atoms with Gasteiger partial charge >= 0.3 is 0 Å². The number of hydrogen-bond acceptors (Lipinski definition) is 3. The van der Waals surface area contributed by atoms with Gasteiger partial charge in [0.2, 0.25) is 0 Å². The Morgan fingerprint density at radius 3 is 2.92 bits per heavy atom. The van der Waals surface area contributed by atoms with Crippen LogP contribution in [-0.2, 0) is 9.47 Å². The summed E-state index contributed by atoms with van der Waals surface area (Å²) in [5, 5.41) is 9.93. The third-order valence-electron chi connectivity index (χ3n) is 2.48. The number of aliphatic hydroxyl groups is 1. The summed E-state index contributed by atoms with van der Waals surface area (Å²) in [6.07, 6.45) is 2.08. The molecular weight excluding hydrogens is 156 g/mol. The highest BCUT2D eigenvalue weighted by Crippen LogP contribution is 2.25. The Balaban J connectivity index is 2.41. The van der Waals surface area contributed by atoms with E-state index in [1.807, 2.05) is 6.92 Å². The van der Waals surface area contributed by atoms with E-state index >= 15 is 0 Å². The second-order valence-corrected chi connectivity index (χ2v) is 3.70. The molecule has 1 aliphatic rings. The lowest BCUT2D eigenvalue weighted by Crippen LogP contribution is -2.43. The first-order valence-electron chi connectivity index (χ1n) is 4.46. The molecule has 1 saturated heterocycles. The Morgan fingerprint density at radius 2 is 2.42 bits per heavy atom. The Labute approximate surface area is 73.7 Å². The lowest BCUT2D eigenvalue weighted by atomic mass is 9.86. The van der Waals surface area contributed by atoms with Crippen LogP contribution in [0.4, 0.5) is 0 Å². The lowest BCUT2D eigenvalue weighted by Gasteiger charge is -2.34. The average Bonchev–Trinajstić information content (AvgIpc) is 2.06. The zero-order valence-corrected chi connectivity index (χ0v) is 7.88. The molecule has 1 fully saturated rings. The molecule has 3 heteroatoms. The van der Waals surface area contributed by atoms with Gasteiger partial charge in [-0.3, -0.25) is 0 Å². The molecule has 0 amide bonds. The molecule has 72 valence electrons. The SMILES string of the molecule is COCC(C)(O)C1CCCOC1. The molecule has 0 aromatic rings. The van der Waals surface area contributed by atoms with Gasteiger partial charge in [0, 0.05) is 19.6 Å². The van der Waals surface area contributed by atoms with Gasteiger partial charge in [-0.2, -0.15) is 0 Å². The smallest absolute Gasteiger partial charge is 0.0901 e. The van der Waals surface area contributed by atoms with Gasteiger partial charge in [0.05, 0.1) is 18.8 Å². The van der Waals surface area contributed by atoms with E-state index in [1.54, 1.807) is 7.11 Å². The molecule has 0 saturated carbocycles. The molecule has 12 heavy (non-hydrogen) atoms. The summed E-state index contributed by atoms with van der Waals surface area (Å²) in [7, 11) is 1.61. The highest BCUT2D eigenvalue weighted by atomic mass is 16.5. The number of ether oxygens (including phenoxy) is 2. The fourth-order valence-electron chi connectivity index (χ4n) is 1.64. The van der Waals surface area contributed by atoms with Crippen molar-refractivity contribution in [3.8, 4) is 0 Å². The van der Waals surface area contributed by atoms with Gasteiger partial charge in [-0.05, 0) is 19.8 Å². The number of hydrogen-bond donors (Lipinski definition) is 1.